The molecule has 0 aliphatic rings. The van der Waals surface area contributed by atoms with Crippen LogP contribution >= 0.6 is 11.6 Å². The van der Waals surface area contributed by atoms with Crippen LogP contribution in [0, 0.1) is 12.3 Å². The molecule has 0 aliphatic heterocycles. The molecule has 0 radical (unpaired) electrons. The van der Waals surface area contributed by atoms with Crippen LogP contribution in [0.4, 0.5) is 5.69 Å². The van der Waals surface area contributed by atoms with Crippen molar-refractivity contribution >= 4 is 35.3 Å². The van der Waals surface area contributed by atoms with Gasteiger partial charge in [-0.15, -0.1) is 6.42 Å². The summed E-state index contributed by atoms with van der Waals surface area (Å²) in [5.41, 5.74) is 3.52. The van der Waals surface area contributed by atoms with Crippen LogP contribution in [-0.2, 0) is 9.59 Å². The van der Waals surface area contributed by atoms with Crippen LogP contribution in [-0.4, -0.2) is 31.7 Å². The average molecular weight is 414 g/mol. The molecular formula is C21H20ClN3O4. The SMILES string of the molecule is C#CCOc1c(C=NNC(=O)CCC(=O)Nc2cccc(Cl)c2)cccc1OC. The maximum absolute atomic E-state index is 11.9. The van der Waals surface area contributed by atoms with Crippen LogP contribution in [0.15, 0.2) is 47.6 Å². The molecule has 29 heavy (non-hydrogen) atoms. The molecule has 2 N–H and O–H groups in total. The van der Waals surface area contributed by atoms with Gasteiger partial charge >= 0.3 is 0 Å². The number of carbonyl (C=O) groups excluding carboxylic acids is 2. The topological polar surface area (TPSA) is 89.0 Å². The lowest BCUT2D eigenvalue weighted by Crippen LogP contribution is -2.20. The summed E-state index contributed by atoms with van der Waals surface area (Å²) in [5.74, 6) is 2.59. The number of ether oxygens (including phenoxy) is 2. The minimum absolute atomic E-state index is 0.00353. The summed E-state index contributed by atoms with van der Waals surface area (Å²) in [6.07, 6.45) is 6.62. The van der Waals surface area contributed by atoms with E-state index in [1.165, 1.54) is 13.3 Å². The van der Waals surface area contributed by atoms with Gasteiger partial charge in [0.1, 0.15) is 6.61 Å². The van der Waals surface area contributed by atoms with Crippen molar-refractivity contribution < 1.29 is 19.1 Å². The minimum Gasteiger partial charge on any atom is -0.493 e. The van der Waals surface area contributed by atoms with E-state index in [1.807, 2.05) is 0 Å². The van der Waals surface area contributed by atoms with Gasteiger partial charge in [-0.2, -0.15) is 5.10 Å². The Labute approximate surface area is 174 Å². The van der Waals surface area contributed by atoms with E-state index in [-0.39, 0.29) is 25.4 Å². The molecule has 0 aliphatic carbocycles. The number of anilines is 1. The first-order valence-electron chi connectivity index (χ1n) is 8.64. The average Bonchev–Trinajstić information content (AvgIpc) is 2.71. The van der Waals surface area contributed by atoms with Crippen LogP contribution in [0.5, 0.6) is 11.5 Å². The zero-order chi connectivity index (χ0) is 21.1. The Morgan fingerprint density at radius 2 is 1.97 bits per heavy atom. The molecule has 0 spiro atoms. The van der Waals surface area contributed by atoms with Gasteiger partial charge in [-0.1, -0.05) is 29.7 Å². The van der Waals surface area contributed by atoms with Crippen molar-refractivity contribution in [2.45, 2.75) is 12.8 Å². The third-order valence-corrected chi connectivity index (χ3v) is 3.84. The molecule has 7 nitrogen and oxygen atoms in total. The Kier molecular flexibility index (Phi) is 8.54. The second kappa shape index (κ2) is 11.4. The van der Waals surface area contributed by atoms with Crippen molar-refractivity contribution in [3.8, 4) is 23.8 Å². The number of nitrogens with one attached hydrogen (secondary N) is 2. The van der Waals surface area contributed by atoms with Crippen molar-refractivity contribution in [3.63, 3.8) is 0 Å². The Balaban J connectivity index is 1.86. The highest BCUT2D eigenvalue weighted by molar-refractivity contribution is 6.30. The molecule has 0 bridgehead atoms. The number of benzene rings is 2. The van der Waals surface area contributed by atoms with E-state index >= 15 is 0 Å². The smallest absolute Gasteiger partial charge is 0.240 e. The number of para-hydroxylation sites is 1. The van der Waals surface area contributed by atoms with E-state index in [0.29, 0.717) is 27.8 Å². The van der Waals surface area contributed by atoms with Gasteiger partial charge < -0.3 is 14.8 Å². The highest BCUT2D eigenvalue weighted by Crippen LogP contribution is 2.29. The lowest BCUT2D eigenvalue weighted by Gasteiger charge is -2.11. The molecule has 0 fully saturated rings. The summed E-state index contributed by atoms with van der Waals surface area (Å²) in [7, 11) is 1.51. The molecule has 150 valence electrons. The van der Waals surface area contributed by atoms with E-state index in [2.05, 4.69) is 21.8 Å². The predicted molar refractivity (Wildman–Crippen MR) is 112 cm³/mol. The van der Waals surface area contributed by atoms with Crippen LogP contribution in [0.3, 0.4) is 0 Å². The van der Waals surface area contributed by atoms with E-state index in [0.717, 1.165) is 0 Å². The molecule has 0 heterocycles. The quantitative estimate of drug-likeness (QED) is 0.375. The number of hydrogen-bond donors (Lipinski definition) is 2. The molecule has 2 rings (SSSR count). The number of hydrazone groups is 1. The predicted octanol–water partition coefficient (Wildman–Crippen LogP) is 3.23. The van der Waals surface area contributed by atoms with Gasteiger partial charge in [0.05, 0.1) is 13.3 Å². The van der Waals surface area contributed by atoms with Gasteiger partial charge in [0, 0.05) is 29.1 Å². The van der Waals surface area contributed by atoms with Crippen molar-refractivity contribution in [1.82, 2.24) is 5.43 Å². The zero-order valence-electron chi connectivity index (χ0n) is 15.8. The summed E-state index contributed by atoms with van der Waals surface area (Å²) in [4.78, 5) is 23.8. The van der Waals surface area contributed by atoms with Gasteiger partial charge in [-0.05, 0) is 30.3 Å². The van der Waals surface area contributed by atoms with Crippen LogP contribution < -0.4 is 20.2 Å². The Morgan fingerprint density at radius 1 is 1.21 bits per heavy atom. The maximum Gasteiger partial charge on any atom is 0.240 e. The molecule has 2 aromatic carbocycles. The van der Waals surface area contributed by atoms with Gasteiger partial charge in [0.15, 0.2) is 11.5 Å². The van der Waals surface area contributed by atoms with Crippen molar-refractivity contribution in [2.24, 2.45) is 5.10 Å². The van der Waals surface area contributed by atoms with Crippen LogP contribution in [0.25, 0.3) is 0 Å². The van der Waals surface area contributed by atoms with Gasteiger partial charge in [0.2, 0.25) is 11.8 Å². The second-order valence-electron chi connectivity index (χ2n) is 5.72. The number of hydrogen-bond acceptors (Lipinski definition) is 5. The fourth-order valence-corrected chi connectivity index (χ4v) is 2.50. The van der Waals surface area contributed by atoms with Gasteiger partial charge in [-0.3, -0.25) is 9.59 Å². The summed E-state index contributed by atoms with van der Waals surface area (Å²) in [6, 6.07) is 12.0. The standard InChI is InChI=1S/C21H20ClN3O4/c1-3-12-29-21-15(6-4-9-18(21)28-2)14-23-25-20(27)11-10-19(26)24-17-8-5-7-16(22)13-17/h1,4-9,13-14H,10-12H2,2H3,(H,24,26)(H,25,27). The number of terminal acetylenes is 1. The molecule has 0 aromatic heterocycles. The van der Waals surface area contributed by atoms with E-state index in [9.17, 15) is 9.59 Å². The lowest BCUT2D eigenvalue weighted by atomic mass is 10.2. The largest absolute Gasteiger partial charge is 0.493 e. The molecule has 0 unspecified atom stereocenters. The summed E-state index contributed by atoms with van der Waals surface area (Å²) in [5, 5.41) is 7.08. The summed E-state index contributed by atoms with van der Waals surface area (Å²) >= 11 is 5.86. The van der Waals surface area contributed by atoms with Gasteiger partial charge in [-0.25, -0.2) is 5.43 Å². The fraction of sp³-hybridized carbons (Fsp3) is 0.190. The highest BCUT2D eigenvalue weighted by atomic mass is 35.5. The number of methoxy groups -OCH3 is 1. The molecule has 0 saturated heterocycles. The molecule has 2 amide bonds. The van der Waals surface area contributed by atoms with Crippen LogP contribution in [0.2, 0.25) is 5.02 Å². The molecule has 8 heteroatoms. The number of amides is 2. The Morgan fingerprint density at radius 3 is 2.69 bits per heavy atom. The molecule has 2 aromatic rings. The zero-order valence-corrected chi connectivity index (χ0v) is 16.5. The van der Waals surface area contributed by atoms with Gasteiger partial charge in [0.25, 0.3) is 0 Å². The normalized spacial score (nSPS) is 10.2. The molecule has 0 saturated carbocycles. The Bertz CT molecular complexity index is 938. The maximum atomic E-state index is 11.9. The van der Waals surface area contributed by atoms with E-state index < -0.39 is 5.91 Å². The minimum atomic E-state index is -0.406. The monoisotopic (exact) mass is 413 g/mol. The summed E-state index contributed by atoms with van der Waals surface area (Å²) in [6.45, 7) is 0.0648. The first-order chi connectivity index (χ1) is 14.0. The van der Waals surface area contributed by atoms with Crippen molar-refractivity contribution in [3.05, 3.63) is 53.1 Å². The third-order valence-electron chi connectivity index (χ3n) is 3.61. The number of halogens is 1. The first-order valence-corrected chi connectivity index (χ1v) is 9.02. The third kappa shape index (κ3) is 7.20. The van der Waals surface area contributed by atoms with E-state index in [1.54, 1.807) is 42.5 Å². The first kappa shape index (κ1) is 21.8. The fourth-order valence-electron chi connectivity index (χ4n) is 2.31. The number of rotatable bonds is 9. The van der Waals surface area contributed by atoms with Crippen molar-refractivity contribution in [2.75, 3.05) is 19.0 Å². The number of nitrogens with zero attached hydrogens (tertiary/aromatic N) is 1. The Hall–Kier alpha value is -3.50. The van der Waals surface area contributed by atoms with Crippen LogP contribution in [0.1, 0.15) is 18.4 Å². The molecular weight excluding hydrogens is 394 g/mol. The highest BCUT2D eigenvalue weighted by Gasteiger charge is 2.10. The summed E-state index contributed by atoms with van der Waals surface area (Å²) < 4.78 is 10.7. The van der Waals surface area contributed by atoms with E-state index in [4.69, 9.17) is 27.5 Å². The van der Waals surface area contributed by atoms with Crippen molar-refractivity contribution in [1.29, 1.82) is 0 Å². The lowest BCUT2D eigenvalue weighted by molar-refractivity contribution is -0.124. The molecule has 0 atom stereocenters. The second-order valence-corrected chi connectivity index (χ2v) is 6.16. The number of carbonyl (C=O) groups is 2.